The van der Waals surface area contributed by atoms with E-state index in [1.165, 1.54) is 5.57 Å². The summed E-state index contributed by atoms with van der Waals surface area (Å²) in [6, 6.07) is 7.52. The fourth-order valence-electron chi connectivity index (χ4n) is 1.82. The van der Waals surface area contributed by atoms with Crippen molar-refractivity contribution < 1.29 is 4.79 Å². The number of amides is 1. The third-order valence-corrected chi connectivity index (χ3v) is 3.52. The lowest BCUT2D eigenvalue weighted by Crippen LogP contribution is -2.38. The van der Waals surface area contributed by atoms with Crippen molar-refractivity contribution in [3.63, 3.8) is 0 Å². The molecule has 18 heavy (non-hydrogen) atoms. The van der Waals surface area contributed by atoms with Crippen LogP contribution in [0.25, 0.3) is 0 Å². The zero-order chi connectivity index (χ0) is 13.1. The van der Waals surface area contributed by atoms with Gasteiger partial charge in [0.1, 0.15) is 0 Å². The molecule has 0 aromatic heterocycles. The first-order valence-corrected chi connectivity index (χ1v) is 6.41. The van der Waals surface area contributed by atoms with E-state index in [0.717, 1.165) is 24.2 Å². The standard InChI is InChI=1S/C14H17ClN2O/c1-9(12-7-16-8-12)14(18)17-10(2)11-3-5-13(15)6-4-11/h3-6,10,16H,7-8H2,1-2H3,(H,17,18)/t10-/m1/s1. The minimum Gasteiger partial charge on any atom is -0.346 e. The first-order valence-electron chi connectivity index (χ1n) is 6.03. The summed E-state index contributed by atoms with van der Waals surface area (Å²) < 4.78 is 0. The minimum atomic E-state index is -0.0154. The fraction of sp³-hybridized carbons (Fsp3) is 0.357. The molecule has 0 radical (unpaired) electrons. The molecule has 96 valence electrons. The van der Waals surface area contributed by atoms with Gasteiger partial charge in [0, 0.05) is 23.7 Å². The van der Waals surface area contributed by atoms with Crippen molar-refractivity contribution in [2.75, 3.05) is 13.1 Å². The maximum atomic E-state index is 12.0. The molecule has 1 aromatic rings. The van der Waals surface area contributed by atoms with Crippen molar-refractivity contribution >= 4 is 17.5 Å². The van der Waals surface area contributed by atoms with Gasteiger partial charge in [0.25, 0.3) is 0 Å². The highest BCUT2D eigenvalue weighted by Gasteiger charge is 2.17. The van der Waals surface area contributed by atoms with Gasteiger partial charge in [-0.2, -0.15) is 0 Å². The molecule has 2 N–H and O–H groups in total. The normalized spacial score (nSPS) is 15.8. The van der Waals surface area contributed by atoms with Crippen LogP contribution in [-0.4, -0.2) is 19.0 Å². The summed E-state index contributed by atoms with van der Waals surface area (Å²) in [5.74, 6) is 0.00829. The molecule has 1 saturated heterocycles. The Labute approximate surface area is 112 Å². The molecule has 1 aromatic carbocycles. The molecule has 1 fully saturated rings. The number of hydrogen-bond acceptors (Lipinski definition) is 2. The van der Waals surface area contributed by atoms with E-state index in [1.54, 1.807) is 0 Å². The van der Waals surface area contributed by atoms with Crippen LogP contribution >= 0.6 is 11.6 Å². The number of carbonyl (C=O) groups excluding carboxylic acids is 1. The molecule has 0 saturated carbocycles. The van der Waals surface area contributed by atoms with E-state index in [9.17, 15) is 4.79 Å². The van der Waals surface area contributed by atoms with Gasteiger partial charge in [0.15, 0.2) is 0 Å². The van der Waals surface area contributed by atoms with Crippen LogP contribution in [0.3, 0.4) is 0 Å². The Hall–Kier alpha value is -1.32. The molecule has 4 heteroatoms. The molecule has 1 atom stereocenters. The lowest BCUT2D eigenvalue weighted by Gasteiger charge is -2.22. The predicted octanol–water partition coefficient (Wildman–Crippen LogP) is 2.44. The zero-order valence-electron chi connectivity index (χ0n) is 10.6. The molecular weight excluding hydrogens is 248 g/mol. The summed E-state index contributed by atoms with van der Waals surface area (Å²) in [4.78, 5) is 12.0. The second-order valence-corrected chi connectivity index (χ2v) is 5.02. The second kappa shape index (κ2) is 5.55. The van der Waals surface area contributed by atoms with E-state index in [0.29, 0.717) is 5.02 Å². The molecule has 1 aliphatic rings. The SMILES string of the molecule is CC(C(=O)N[C@H](C)c1ccc(Cl)cc1)=C1CNC1. The topological polar surface area (TPSA) is 41.1 Å². The summed E-state index contributed by atoms with van der Waals surface area (Å²) in [6.45, 7) is 5.50. The van der Waals surface area contributed by atoms with Crippen molar-refractivity contribution in [3.8, 4) is 0 Å². The van der Waals surface area contributed by atoms with Crippen molar-refractivity contribution in [1.29, 1.82) is 0 Å². The van der Waals surface area contributed by atoms with E-state index in [4.69, 9.17) is 11.6 Å². The number of carbonyl (C=O) groups is 1. The van der Waals surface area contributed by atoms with Gasteiger partial charge in [-0.15, -0.1) is 0 Å². The molecule has 0 spiro atoms. The van der Waals surface area contributed by atoms with Crippen LogP contribution in [0.15, 0.2) is 35.4 Å². The number of hydrogen-bond donors (Lipinski definition) is 2. The maximum absolute atomic E-state index is 12.0. The number of nitrogens with one attached hydrogen (secondary N) is 2. The van der Waals surface area contributed by atoms with Crippen molar-refractivity contribution in [3.05, 3.63) is 46.0 Å². The molecule has 2 rings (SSSR count). The van der Waals surface area contributed by atoms with Gasteiger partial charge in [-0.1, -0.05) is 23.7 Å². The van der Waals surface area contributed by atoms with Crippen LogP contribution in [0.2, 0.25) is 5.02 Å². The quantitative estimate of drug-likeness (QED) is 0.824. The maximum Gasteiger partial charge on any atom is 0.247 e. The summed E-state index contributed by atoms with van der Waals surface area (Å²) in [5, 5.41) is 6.84. The van der Waals surface area contributed by atoms with Crippen LogP contribution in [0.5, 0.6) is 0 Å². The van der Waals surface area contributed by atoms with Gasteiger partial charge >= 0.3 is 0 Å². The molecule has 1 aliphatic heterocycles. The first-order chi connectivity index (χ1) is 8.58. The Balaban J connectivity index is 2.01. The third-order valence-electron chi connectivity index (χ3n) is 3.27. The first kappa shape index (κ1) is 13.1. The molecule has 1 amide bonds. The van der Waals surface area contributed by atoms with E-state index >= 15 is 0 Å². The Bertz CT molecular complexity index is 473. The van der Waals surface area contributed by atoms with E-state index in [-0.39, 0.29) is 11.9 Å². The Morgan fingerprint density at radius 2 is 1.94 bits per heavy atom. The largest absolute Gasteiger partial charge is 0.346 e. The van der Waals surface area contributed by atoms with Gasteiger partial charge in [-0.05, 0) is 37.1 Å². The van der Waals surface area contributed by atoms with Gasteiger partial charge < -0.3 is 10.6 Å². The van der Waals surface area contributed by atoms with Crippen LogP contribution in [0, 0.1) is 0 Å². The molecule has 0 aliphatic carbocycles. The van der Waals surface area contributed by atoms with Gasteiger partial charge in [0.2, 0.25) is 5.91 Å². The minimum absolute atomic E-state index is 0.00829. The van der Waals surface area contributed by atoms with Crippen LogP contribution in [-0.2, 0) is 4.79 Å². The van der Waals surface area contributed by atoms with Crippen LogP contribution < -0.4 is 10.6 Å². The number of rotatable bonds is 3. The van der Waals surface area contributed by atoms with Crippen molar-refractivity contribution in [2.45, 2.75) is 19.9 Å². The second-order valence-electron chi connectivity index (χ2n) is 4.58. The zero-order valence-corrected chi connectivity index (χ0v) is 11.3. The molecular formula is C14H17ClN2O. The van der Waals surface area contributed by atoms with E-state index in [1.807, 2.05) is 38.1 Å². The summed E-state index contributed by atoms with van der Waals surface area (Å²) in [7, 11) is 0. The van der Waals surface area contributed by atoms with Crippen LogP contribution in [0.4, 0.5) is 0 Å². The Morgan fingerprint density at radius 3 is 2.44 bits per heavy atom. The van der Waals surface area contributed by atoms with Crippen LogP contribution in [0.1, 0.15) is 25.5 Å². The number of benzene rings is 1. The summed E-state index contributed by atoms with van der Waals surface area (Å²) in [6.07, 6.45) is 0. The molecule has 3 nitrogen and oxygen atoms in total. The van der Waals surface area contributed by atoms with E-state index in [2.05, 4.69) is 10.6 Å². The monoisotopic (exact) mass is 264 g/mol. The lowest BCUT2D eigenvalue weighted by molar-refractivity contribution is -0.118. The number of halogens is 1. The van der Waals surface area contributed by atoms with Gasteiger partial charge in [0.05, 0.1) is 6.04 Å². The average molecular weight is 265 g/mol. The molecule has 0 unspecified atom stereocenters. The molecule has 0 bridgehead atoms. The predicted molar refractivity (Wildman–Crippen MR) is 73.6 cm³/mol. The fourth-order valence-corrected chi connectivity index (χ4v) is 1.94. The smallest absolute Gasteiger partial charge is 0.247 e. The van der Waals surface area contributed by atoms with Crippen molar-refractivity contribution in [2.24, 2.45) is 0 Å². The van der Waals surface area contributed by atoms with Gasteiger partial charge in [-0.3, -0.25) is 4.79 Å². The Kier molecular flexibility index (Phi) is 4.04. The van der Waals surface area contributed by atoms with Gasteiger partial charge in [-0.25, -0.2) is 0 Å². The van der Waals surface area contributed by atoms with Crippen molar-refractivity contribution in [1.82, 2.24) is 10.6 Å². The highest BCUT2D eigenvalue weighted by atomic mass is 35.5. The lowest BCUT2D eigenvalue weighted by atomic mass is 10.0. The third kappa shape index (κ3) is 2.92. The summed E-state index contributed by atoms with van der Waals surface area (Å²) in [5.41, 5.74) is 3.07. The summed E-state index contributed by atoms with van der Waals surface area (Å²) >= 11 is 5.84. The van der Waals surface area contributed by atoms with E-state index < -0.39 is 0 Å². The average Bonchev–Trinajstić information content (AvgIpc) is 2.27. The molecule has 1 heterocycles. The highest BCUT2D eigenvalue weighted by Crippen LogP contribution is 2.17. The highest BCUT2D eigenvalue weighted by molar-refractivity contribution is 6.30. The Morgan fingerprint density at radius 1 is 1.33 bits per heavy atom.